The molecule has 2 heterocycles. The third kappa shape index (κ3) is 3.12. The molecule has 114 valence electrons. The van der Waals surface area contributed by atoms with Crippen molar-refractivity contribution in [1.82, 2.24) is 25.1 Å². The van der Waals surface area contributed by atoms with Crippen molar-refractivity contribution in [2.45, 2.75) is 40.2 Å². The van der Waals surface area contributed by atoms with Gasteiger partial charge in [0.2, 0.25) is 5.91 Å². The normalized spacial score (nSPS) is 10.9. The fraction of sp³-hybridized carbons (Fsp3) is 0.571. The zero-order valence-corrected chi connectivity index (χ0v) is 13.0. The highest BCUT2D eigenvalue weighted by atomic mass is 16.1. The number of anilines is 1. The lowest BCUT2D eigenvalue weighted by molar-refractivity contribution is -0.120. The minimum absolute atomic E-state index is 0.00342. The summed E-state index contributed by atoms with van der Waals surface area (Å²) >= 11 is 0. The highest BCUT2D eigenvalue weighted by molar-refractivity contribution is 5.87. The number of rotatable bonds is 6. The number of hydrogen-bond acceptors (Lipinski definition) is 5. The molecule has 0 fully saturated rings. The Hall–Kier alpha value is -2.18. The summed E-state index contributed by atoms with van der Waals surface area (Å²) in [6, 6.07) is 0. The van der Waals surface area contributed by atoms with Gasteiger partial charge in [-0.25, -0.2) is 9.97 Å². The number of nitrogens with zero attached hydrogens (tertiary/aromatic N) is 4. The zero-order chi connectivity index (χ0) is 15.4. The van der Waals surface area contributed by atoms with E-state index in [2.05, 4.69) is 25.7 Å². The van der Waals surface area contributed by atoms with Gasteiger partial charge < -0.3 is 10.6 Å². The van der Waals surface area contributed by atoms with E-state index in [-0.39, 0.29) is 5.91 Å². The van der Waals surface area contributed by atoms with Crippen LogP contribution < -0.4 is 10.6 Å². The highest BCUT2D eigenvalue weighted by Crippen LogP contribution is 2.23. The lowest BCUT2D eigenvalue weighted by Crippen LogP contribution is -2.21. The Labute approximate surface area is 124 Å². The van der Waals surface area contributed by atoms with E-state index in [4.69, 9.17) is 0 Å². The molecule has 0 aliphatic carbocycles. The molecule has 0 spiro atoms. The van der Waals surface area contributed by atoms with E-state index in [9.17, 15) is 4.79 Å². The van der Waals surface area contributed by atoms with Crippen LogP contribution in [0.5, 0.6) is 0 Å². The molecule has 2 N–H and O–H groups in total. The molecule has 0 aromatic carbocycles. The van der Waals surface area contributed by atoms with Crippen LogP contribution in [-0.2, 0) is 17.8 Å². The number of carbonyl (C=O) groups is 1. The molecule has 2 aromatic rings. The SMILES string of the molecule is CCc1nc(NCCC(=O)NC)c2c(n1)c(C)nn2CC. The van der Waals surface area contributed by atoms with Crippen molar-refractivity contribution in [3.05, 3.63) is 11.5 Å². The van der Waals surface area contributed by atoms with Crippen LogP contribution in [0.2, 0.25) is 0 Å². The number of nitrogens with one attached hydrogen (secondary N) is 2. The fourth-order valence-corrected chi connectivity index (χ4v) is 2.21. The molecule has 21 heavy (non-hydrogen) atoms. The first kappa shape index (κ1) is 15.2. The summed E-state index contributed by atoms with van der Waals surface area (Å²) in [6.45, 7) is 7.30. The fourth-order valence-electron chi connectivity index (χ4n) is 2.21. The van der Waals surface area contributed by atoms with Gasteiger partial charge in [0.05, 0.1) is 5.69 Å². The van der Waals surface area contributed by atoms with Gasteiger partial charge in [0.25, 0.3) is 0 Å². The van der Waals surface area contributed by atoms with E-state index in [1.54, 1.807) is 7.05 Å². The Morgan fingerprint density at radius 3 is 2.67 bits per heavy atom. The zero-order valence-electron chi connectivity index (χ0n) is 13.0. The molecular formula is C14H22N6O. The lowest BCUT2D eigenvalue weighted by Gasteiger charge is -2.09. The predicted octanol–water partition coefficient (Wildman–Crippen LogP) is 1.27. The summed E-state index contributed by atoms with van der Waals surface area (Å²) in [7, 11) is 1.63. The Morgan fingerprint density at radius 1 is 1.29 bits per heavy atom. The number of aryl methyl sites for hydroxylation is 3. The topological polar surface area (TPSA) is 84.7 Å². The van der Waals surface area contributed by atoms with Gasteiger partial charge in [0.15, 0.2) is 5.82 Å². The van der Waals surface area contributed by atoms with Gasteiger partial charge in [-0.1, -0.05) is 6.92 Å². The van der Waals surface area contributed by atoms with Crippen LogP contribution in [0.1, 0.15) is 31.8 Å². The maximum Gasteiger partial charge on any atom is 0.221 e. The number of carbonyl (C=O) groups excluding carboxylic acids is 1. The molecule has 2 aromatic heterocycles. The minimum Gasteiger partial charge on any atom is -0.368 e. The third-order valence-corrected chi connectivity index (χ3v) is 3.34. The monoisotopic (exact) mass is 290 g/mol. The molecule has 0 aliphatic heterocycles. The van der Waals surface area contributed by atoms with Gasteiger partial charge in [-0.15, -0.1) is 0 Å². The van der Waals surface area contributed by atoms with E-state index in [0.29, 0.717) is 13.0 Å². The van der Waals surface area contributed by atoms with Gasteiger partial charge >= 0.3 is 0 Å². The van der Waals surface area contributed by atoms with E-state index in [1.165, 1.54) is 0 Å². The van der Waals surface area contributed by atoms with Crippen molar-refractivity contribution in [2.75, 3.05) is 18.9 Å². The molecular weight excluding hydrogens is 268 g/mol. The average molecular weight is 290 g/mol. The molecule has 7 nitrogen and oxygen atoms in total. The molecule has 0 saturated heterocycles. The first-order chi connectivity index (χ1) is 10.1. The molecule has 0 unspecified atom stereocenters. The van der Waals surface area contributed by atoms with Crippen molar-refractivity contribution in [3.63, 3.8) is 0 Å². The Bertz CT molecular complexity index is 648. The van der Waals surface area contributed by atoms with E-state index in [1.807, 2.05) is 25.5 Å². The first-order valence-electron chi connectivity index (χ1n) is 7.29. The van der Waals surface area contributed by atoms with Crippen molar-refractivity contribution in [3.8, 4) is 0 Å². The Kier molecular flexibility index (Phi) is 4.72. The number of aromatic nitrogens is 4. The second-order valence-electron chi connectivity index (χ2n) is 4.79. The summed E-state index contributed by atoms with van der Waals surface area (Å²) < 4.78 is 1.90. The molecule has 0 atom stereocenters. The highest BCUT2D eigenvalue weighted by Gasteiger charge is 2.15. The second-order valence-corrected chi connectivity index (χ2v) is 4.79. The van der Waals surface area contributed by atoms with Crippen LogP contribution in [0.15, 0.2) is 0 Å². The van der Waals surface area contributed by atoms with Gasteiger partial charge in [0.1, 0.15) is 16.9 Å². The smallest absolute Gasteiger partial charge is 0.221 e. The van der Waals surface area contributed by atoms with E-state index < -0.39 is 0 Å². The Balaban J connectivity index is 2.37. The van der Waals surface area contributed by atoms with Crippen molar-refractivity contribution in [1.29, 1.82) is 0 Å². The van der Waals surface area contributed by atoms with Gasteiger partial charge in [0, 0.05) is 33.0 Å². The van der Waals surface area contributed by atoms with Crippen LogP contribution in [0.4, 0.5) is 5.82 Å². The van der Waals surface area contributed by atoms with Gasteiger partial charge in [-0.2, -0.15) is 5.10 Å². The predicted molar refractivity (Wildman–Crippen MR) is 82.3 cm³/mol. The average Bonchev–Trinajstić information content (AvgIpc) is 2.83. The summed E-state index contributed by atoms with van der Waals surface area (Å²) in [6.07, 6.45) is 1.17. The quantitative estimate of drug-likeness (QED) is 0.837. The van der Waals surface area contributed by atoms with E-state index >= 15 is 0 Å². The second kappa shape index (κ2) is 6.51. The summed E-state index contributed by atoms with van der Waals surface area (Å²) in [5.74, 6) is 1.54. The number of hydrogen-bond donors (Lipinski definition) is 2. The van der Waals surface area contributed by atoms with Crippen LogP contribution in [-0.4, -0.2) is 39.2 Å². The third-order valence-electron chi connectivity index (χ3n) is 3.34. The summed E-state index contributed by atoms with van der Waals surface area (Å²) in [5.41, 5.74) is 2.69. The molecule has 0 radical (unpaired) electrons. The van der Waals surface area contributed by atoms with Crippen molar-refractivity contribution >= 4 is 22.8 Å². The maximum absolute atomic E-state index is 11.3. The molecule has 2 rings (SSSR count). The number of fused-ring (bicyclic) bond motifs is 1. The largest absolute Gasteiger partial charge is 0.368 e. The molecule has 0 aliphatic rings. The maximum atomic E-state index is 11.3. The van der Waals surface area contributed by atoms with Gasteiger partial charge in [-0.3, -0.25) is 9.48 Å². The molecule has 0 bridgehead atoms. The van der Waals surface area contributed by atoms with Crippen LogP contribution >= 0.6 is 0 Å². The Morgan fingerprint density at radius 2 is 2.05 bits per heavy atom. The van der Waals surface area contributed by atoms with Crippen molar-refractivity contribution in [2.24, 2.45) is 0 Å². The first-order valence-corrected chi connectivity index (χ1v) is 7.29. The summed E-state index contributed by atoms with van der Waals surface area (Å²) in [4.78, 5) is 20.4. The van der Waals surface area contributed by atoms with Crippen molar-refractivity contribution < 1.29 is 4.79 Å². The number of amides is 1. The lowest BCUT2D eigenvalue weighted by atomic mass is 10.3. The molecule has 7 heteroatoms. The van der Waals surface area contributed by atoms with Crippen LogP contribution in [0.3, 0.4) is 0 Å². The molecule has 1 amide bonds. The van der Waals surface area contributed by atoms with Gasteiger partial charge in [-0.05, 0) is 13.8 Å². The van der Waals surface area contributed by atoms with E-state index in [0.717, 1.165) is 41.3 Å². The summed E-state index contributed by atoms with van der Waals surface area (Å²) in [5, 5.41) is 10.3. The van der Waals surface area contributed by atoms with Crippen LogP contribution in [0, 0.1) is 6.92 Å². The van der Waals surface area contributed by atoms with Crippen LogP contribution in [0.25, 0.3) is 11.0 Å². The molecule has 0 saturated carbocycles. The minimum atomic E-state index is 0.00342. The standard InChI is InChI=1S/C14H22N6O/c1-5-10-17-12-9(3)19-20(6-2)13(12)14(18-10)16-8-7-11(21)15-4/h5-8H2,1-4H3,(H,15,21)(H,16,17,18).